The Hall–Kier alpha value is -0.410. The third-order valence-corrected chi connectivity index (χ3v) is 0.989. The van der Waals surface area contributed by atoms with E-state index in [0.717, 1.165) is 25.7 Å². The molecule has 0 atom stereocenters. The Balaban J connectivity index is 2.66. The van der Waals surface area contributed by atoms with Crippen LogP contribution >= 0.6 is 0 Å². The minimum absolute atomic E-state index is 0.239. The molecule has 0 aliphatic rings. The highest BCUT2D eigenvalue weighted by Gasteiger charge is 1.84. The summed E-state index contributed by atoms with van der Waals surface area (Å²) in [4.78, 5) is 9.73. The molecule has 0 aromatic heterocycles. The molecule has 3 heteroatoms. The van der Waals surface area contributed by atoms with E-state index in [1.54, 1.807) is 0 Å². The Morgan fingerprint density at radius 3 is 2.78 bits per heavy atom. The summed E-state index contributed by atoms with van der Waals surface area (Å²) in [6, 6.07) is 0. The summed E-state index contributed by atoms with van der Waals surface area (Å²) < 4.78 is 0. The molecule has 0 fully saturated rings. The average Bonchev–Trinajstić information content (AvgIpc) is 1.89. The third-order valence-electron chi connectivity index (χ3n) is 0.989. The molecule has 0 unspecified atom stereocenters. The van der Waals surface area contributed by atoms with Crippen LogP contribution in [0.5, 0.6) is 0 Å². The molecule has 0 bridgehead atoms. The van der Waals surface area contributed by atoms with E-state index in [1.165, 1.54) is 0 Å². The molecule has 0 saturated heterocycles. The van der Waals surface area contributed by atoms with Crippen LogP contribution in [0, 0.1) is 0 Å². The molecule has 0 aliphatic heterocycles. The second kappa shape index (κ2) is 7.59. The molecule has 9 heavy (non-hydrogen) atoms. The van der Waals surface area contributed by atoms with Crippen LogP contribution < -0.4 is 5.32 Å². The number of rotatable bonds is 6. The lowest BCUT2D eigenvalue weighted by Crippen LogP contribution is -2.17. The summed E-state index contributed by atoms with van der Waals surface area (Å²) in [5.41, 5.74) is 0. The molecular formula is C6H13NO2. The van der Waals surface area contributed by atoms with Gasteiger partial charge in [0.25, 0.3) is 0 Å². The van der Waals surface area contributed by atoms with E-state index >= 15 is 0 Å². The molecule has 0 saturated carbocycles. The van der Waals surface area contributed by atoms with Gasteiger partial charge in [0.05, 0.1) is 6.54 Å². The molecule has 0 aromatic rings. The van der Waals surface area contributed by atoms with Crippen LogP contribution in [0.4, 0.5) is 0 Å². The minimum Gasteiger partial charge on any atom is -0.396 e. The highest BCUT2D eigenvalue weighted by molar-refractivity contribution is 5.51. The number of carbonyl (C=O) groups excluding carboxylic acids is 1. The van der Waals surface area contributed by atoms with Gasteiger partial charge < -0.3 is 15.2 Å². The second-order valence-electron chi connectivity index (χ2n) is 1.80. The van der Waals surface area contributed by atoms with Gasteiger partial charge in [-0.25, -0.2) is 0 Å². The zero-order valence-corrected chi connectivity index (χ0v) is 5.47. The first-order valence-electron chi connectivity index (χ1n) is 3.17. The van der Waals surface area contributed by atoms with Crippen molar-refractivity contribution in [2.75, 3.05) is 19.7 Å². The zero-order chi connectivity index (χ0) is 6.95. The topological polar surface area (TPSA) is 49.3 Å². The van der Waals surface area contributed by atoms with E-state index in [2.05, 4.69) is 5.32 Å². The molecule has 3 nitrogen and oxygen atoms in total. The largest absolute Gasteiger partial charge is 0.396 e. The first-order valence-corrected chi connectivity index (χ1v) is 3.17. The number of hydrogen-bond acceptors (Lipinski definition) is 3. The molecular weight excluding hydrogens is 118 g/mol. The molecule has 0 heterocycles. The fraction of sp³-hybridized carbons (Fsp3) is 0.833. The maximum absolute atomic E-state index is 9.73. The molecule has 0 rings (SSSR count). The van der Waals surface area contributed by atoms with Gasteiger partial charge in [-0.05, 0) is 19.4 Å². The van der Waals surface area contributed by atoms with Crippen molar-refractivity contribution in [3.63, 3.8) is 0 Å². The van der Waals surface area contributed by atoms with Crippen molar-refractivity contribution in [1.29, 1.82) is 0 Å². The lowest BCUT2D eigenvalue weighted by Gasteiger charge is -1.96. The van der Waals surface area contributed by atoms with Gasteiger partial charge in [0.15, 0.2) is 0 Å². The summed E-state index contributed by atoms with van der Waals surface area (Å²) in [6.07, 6.45) is 2.58. The highest BCUT2D eigenvalue weighted by Crippen LogP contribution is 1.81. The van der Waals surface area contributed by atoms with Crippen molar-refractivity contribution in [3.05, 3.63) is 0 Å². The molecule has 54 valence electrons. The van der Waals surface area contributed by atoms with Crippen molar-refractivity contribution < 1.29 is 9.90 Å². The van der Waals surface area contributed by atoms with Crippen LogP contribution in [0.3, 0.4) is 0 Å². The predicted molar refractivity (Wildman–Crippen MR) is 35.3 cm³/mol. The smallest absolute Gasteiger partial charge is 0.133 e. The normalized spacial score (nSPS) is 9.44. The van der Waals surface area contributed by atoms with Crippen LogP contribution in [0.15, 0.2) is 0 Å². The average molecular weight is 131 g/mol. The molecule has 2 N–H and O–H groups in total. The van der Waals surface area contributed by atoms with Gasteiger partial charge in [0.1, 0.15) is 6.29 Å². The van der Waals surface area contributed by atoms with E-state index in [0.29, 0.717) is 6.54 Å². The number of carbonyl (C=O) groups is 1. The first-order chi connectivity index (χ1) is 4.41. The summed E-state index contributed by atoms with van der Waals surface area (Å²) >= 11 is 0. The fourth-order valence-electron chi connectivity index (χ4n) is 0.523. The summed E-state index contributed by atoms with van der Waals surface area (Å²) in [5, 5.41) is 11.2. The number of unbranched alkanes of at least 4 members (excludes halogenated alkanes) is 1. The summed E-state index contributed by atoms with van der Waals surface area (Å²) in [6.45, 7) is 1.48. The van der Waals surface area contributed by atoms with E-state index in [-0.39, 0.29) is 6.61 Å². The number of aldehydes is 1. The molecule has 0 spiro atoms. The first kappa shape index (κ1) is 8.59. The number of aliphatic hydroxyl groups excluding tert-OH is 1. The standard InChI is InChI=1S/C6H13NO2/c8-5-2-1-3-7-4-6-9/h6-8H,1-5H2. The van der Waals surface area contributed by atoms with Gasteiger partial charge in [0, 0.05) is 6.61 Å². The summed E-state index contributed by atoms with van der Waals surface area (Å²) in [5.74, 6) is 0. The third kappa shape index (κ3) is 7.59. The molecule has 0 amide bonds. The van der Waals surface area contributed by atoms with Crippen molar-refractivity contribution in [1.82, 2.24) is 5.32 Å². The van der Waals surface area contributed by atoms with Crippen LogP contribution in [0.25, 0.3) is 0 Å². The monoisotopic (exact) mass is 131 g/mol. The van der Waals surface area contributed by atoms with Gasteiger partial charge in [-0.2, -0.15) is 0 Å². The van der Waals surface area contributed by atoms with Crippen LogP contribution in [-0.2, 0) is 4.79 Å². The number of hydrogen-bond donors (Lipinski definition) is 2. The van der Waals surface area contributed by atoms with Gasteiger partial charge in [-0.15, -0.1) is 0 Å². The van der Waals surface area contributed by atoms with E-state index in [1.807, 2.05) is 0 Å². The Labute approximate surface area is 55.1 Å². The van der Waals surface area contributed by atoms with Gasteiger partial charge in [0.2, 0.25) is 0 Å². The van der Waals surface area contributed by atoms with Gasteiger partial charge in [-0.1, -0.05) is 0 Å². The molecule has 0 aliphatic carbocycles. The Morgan fingerprint density at radius 2 is 2.22 bits per heavy atom. The lowest BCUT2D eigenvalue weighted by atomic mass is 10.3. The SMILES string of the molecule is O=CCNCCCCO. The van der Waals surface area contributed by atoms with Crippen LogP contribution in [0.1, 0.15) is 12.8 Å². The summed E-state index contributed by atoms with van der Waals surface area (Å²) in [7, 11) is 0. The van der Waals surface area contributed by atoms with Gasteiger partial charge in [-0.3, -0.25) is 0 Å². The number of nitrogens with one attached hydrogen (secondary N) is 1. The minimum atomic E-state index is 0.239. The van der Waals surface area contributed by atoms with Crippen molar-refractivity contribution in [2.24, 2.45) is 0 Å². The van der Waals surface area contributed by atoms with Crippen molar-refractivity contribution in [2.45, 2.75) is 12.8 Å². The van der Waals surface area contributed by atoms with E-state index in [9.17, 15) is 4.79 Å². The Bertz CT molecular complexity index is 66.1. The van der Waals surface area contributed by atoms with Crippen molar-refractivity contribution in [3.8, 4) is 0 Å². The van der Waals surface area contributed by atoms with E-state index < -0.39 is 0 Å². The molecule has 0 radical (unpaired) electrons. The molecule has 0 aromatic carbocycles. The maximum atomic E-state index is 9.73. The quantitative estimate of drug-likeness (QED) is 0.379. The maximum Gasteiger partial charge on any atom is 0.133 e. The Morgan fingerprint density at radius 1 is 1.44 bits per heavy atom. The van der Waals surface area contributed by atoms with Crippen LogP contribution in [0.2, 0.25) is 0 Å². The fourth-order valence-corrected chi connectivity index (χ4v) is 0.523. The number of aliphatic hydroxyl groups is 1. The predicted octanol–water partition coefficient (Wildman–Crippen LogP) is -0.453. The zero-order valence-electron chi connectivity index (χ0n) is 5.47. The lowest BCUT2D eigenvalue weighted by molar-refractivity contribution is -0.107. The highest BCUT2D eigenvalue weighted by atomic mass is 16.2. The van der Waals surface area contributed by atoms with E-state index in [4.69, 9.17) is 5.11 Å². The Kier molecular flexibility index (Phi) is 7.24. The second-order valence-corrected chi connectivity index (χ2v) is 1.80. The van der Waals surface area contributed by atoms with Crippen molar-refractivity contribution >= 4 is 6.29 Å². The van der Waals surface area contributed by atoms with Gasteiger partial charge >= 0.3 is 0 Å². The van der Waals surface area contributed by atoms with Crippen LogP contribution in [-0.4, -0.2) is 31.1 Å².